The first-order chi connectivity index (χ1) is 10.8. The van der Waals surface area contributed by atoms with E-state index < -0.39 is 0 Å². The largest absolute Gasteiger partial charge is 0.493 e. The van der Waals surface area contributed by atoms with Crippen LogP contribution in [0.1, 0.15) is 28.9 Å². The number of rotatable bonds is 3. The predicted molar refractivity (Wildman–Crippen MR) is 81.6 cm³/mol. The first-order valence-electron chi connectivity index (χ1n) is 7.83. The highest BCUT2D eigenvalue weighted by Crippen LogP contribution is 2.29. The van der Waals surface area contributed by atoms with Crippen LogP contribution in [0.15, 0.2) is 24.5 Å². The van der Waals surface area contributed by atoms with E-state index in [9.17, 15) is 4.79 Å². The summed E-state index contributed by atoms with van der Waals surface area (Å²) in [5, 5.41) is 3.07. The second kappa shape index (κ2) is 5.48. The van der Waals surface area contributed by atoms with Crippen LogP contribution in [0.3, 0.4) is 0 Å². The van der Waals surface area contributed by atoms with Gasteiger partial charge >= 0.3 is 0 Å². The molecule has 114 valence electrons. The minimum Gasteiger partial charge on any atom is -0.493 e. The van der Waals surface area contributed by atoms with Crippen molar-refractivity contribution in [3.05, 3.63) is 47.0 Å². The number of aromatic nitrogens is 2. The van der Waals surface area contributed by atoms with Gasteiger partial charge in [0.25, 0.3) is 0 Å². The zero-order chi connectivity index (χ0) is 14.9. The summed E-state index contributed by atoms with van der Waals surface area (Å²) in [5.41, 5.74) is 4.53. The quantitative estimate of drug-likeness (QED) is 0.907. The Labute approximate surface area is 129 Å². The number of hydrogen-bond donors (Lipinski definition) is 2. The van der Waals surface area contributed by atoms with E-state index in [2.05, 4.69) is 21.4 Å². The van der Waals surface area contributed by atoms with Gasteiger partial charge in [-0.1, -0.05) is 18.2 Å². The van der Waals surface area contributed by atoms with Crippen molar-refractivity contribution in [1.29, 1.82) is 0 Å². The molecule has 5 nitrogen and oxygen atoms in total. The number of amides is 1. The lowest BCUT2D eigenvalue weighted by Gasteiger charge is -2.21. The summed E-state index contributed by atoms with van der Waals surface area (Å²) in [7, 11) is 0. The Kier molecular flexibility index (Phi) is 3.33. The summed E-state index contributed by atoms with van der Waals surface area (Å²) in [4.78, 5) is 19.8. The van der Waals surface area contributed by atoms with Crippen molar-refractivity contribution >= 4 is 5.91 Å². The van der Waals surface area contributed by atoms with Crippen molar-refractivity contribution in [2.45, 2.75) is 32.2 Å². The lowest BCUT2D eigenvalue weighted by molar-refractivity contribution is -0.125. The van der Waals surface area contributed by atoms with Gasteiger partial charge in [-0.2, -0.15) is 0 Å². The minimum absolute atomic E-state index is 0.0330. The summed E-state index contributed by atoms with van der Waals surface area (Å²) >= 11 is 0. The van der Waals surface area contributed by atoms with Gasteiger partial charge in [0.05, 0.1) is 18.6 Å². The minimum atomic E-state index is 0.0330. The topological polar surface area (TPSA) is 67.0 Å². The standard InChI is InChI=1S/C17H19N3O2/c21-17(12-4-5-14-15(8-12)20-10-19-14)18-9-13-3-1-2-11-6-7-22-16(11)13/h1-3,10,12H,4-9H2,(H,18,21)(H,19,20). The molecule has 0 saturated carbocycles. The first kappa shape index (κ1) is 13.4. The number of carbonyl (C=O) groups excluding carboxylic acids is 1. The zero-order valence-electron chi connectivity index (χ0n) is 12.4. The smallest absolute Gasteiger partial charge is 0.223 e. The van der Waals surface area contributed by atoms with Gasteiger partial charge in [-0.3, -0.25) is 4.79 Å². The molecule has 0 saturated heterocycles. The molecule has 4 rings (SSSR count). The fourth-order valence-corrected chi connectivity index (χ4v) is 3.37. The van der Waals surface area contributed by atoms with Crippen LogP contribution in [0.5, 0.6) is 5.75 Å². The summed E-state index contributed by atoms with van der Waals surface area (Å²) in [6.07, 6.45) is 5.18. The zero-order valence-corrected chi connectivity index (χ0v) is 12.4. The Balaban J connectivity index is 1.40. The third-order valence-electron chi connectivity index (χ3n) is 4.61. The van der Waals surface area contributed by atoms with E-state index in [4.69, 9.17) is 4.74 Å². The van der Waals surface area contributed by atoms with Crippen LogP contribution in [-0.2, 0) is 30.6 Å². The van der Waals surface area contributed by atoms with Crippen LogP contribution >= 0.6 is 0 Å². The highest BCUT2D eigenvalue weighted by molar-refractivity contribution is 5.79. The van der Waals surface area contributed by atoms with Crippen LogP contribution in [0.25, 0.3) is 0 Å². The number of aromatic amines is 1. The molecule has 22 heavy (non-hydrogen) atoms. The van der Waals surface area contributed by atoms with Crippen molar-refractivity contribution in [2.24, 2.45) is 5.92 Å². The molecule has 0 spiro atoms. The first-order valence-corrected chi connectivity index (χ1v) is 7.83. The van der Waals surface area contributed by atoms with Crippen molar-refractivity contribution in [1.82, 2.24) is 15.3 Å². The van der Waals surface area contributed by atoms with E-state index in [-0.39, 0.29) is 11.8 Å². The highest BCUT2D eigenvalue weighted by Gasteiger charge is 2.26. The van der Waals surface area contributed by atoms with Crippen LogP contribution < -0.4 is 10.1 Å². The van der Waals surface area contributed by atoms with E-state index in [1.54, 1.807) is 6.33 Å². The van der Waals surface area contributed by atoms with Crippen LogP contribution in [0.2, 0.25) is 0 Å². The molecule has 1 aromatic heterocycles. The van der Waals surface area contributed by atoms with Gasteiger partial charge < -0.3 is 15.0 Å². The Morgan fingerprint density at radius 3 is 3.32 bits per heavy atom. The second-order valence-corrected chi connectivity index (χ2v) is 5.99. The Hall–Kier alpha value is -2.30. The molecule has 1 aliphatic carbocycles. The number of carbonyl (C=O) groups is 1. The van der Waals surface area contributed by atoms with E-state index in [1.807, 2.05) is 12.1 Å². The SMILES string of the molecule is O=C(NCc1cccc2c1OCC2)C1CCc2nc[nH]c2C1. The fourth-order valence-electron chi connectivity index (χ4n) is 3.37. The molecule has 0 radical (unpaired) electrons. The number of hydrogen-bond acceptors (Lipinski definition) is 3. The number of imidazole rings is 1. The van der Waals surface area contributed by atoms with Gasteiger partial charge in [-0.05, 0) is 18.4 Å². The molecule has 1 atom stereocenters. The summed E-state index contributed by atoms with van der Waals surface area (Å²) in [6.45, 7) is 1.28. The van der Waals surface area contributed by atoms with Crippen molar-refractivity contribution in [2.75, 3.05) is 6.61 Å². The molecule has 1 aromatic carbocycles. The van der Waals surface area contributed by atoms with Crippen molar-refractivity contribution in [3.63, 3.8) is 0 Å². The number of para-hydroxylation sites is 1. The lowest BCUT2D eigenvalue weighted by Crippen LogP contribution is -2.33. The molecular formula is C17H19N3O2. The second-order valence-electron chi connectivity index (χ2n) is 5.99. The molecule has 1 amide bonds. The average molecular weight is 297 g/mol. The van der Waals surface area contributed by atoms with Gasteiger partial charge in [-0.25, -0.2) is 4.98 Å². The molecule has 0 bridgehead atoms. The maximum atomic E-state index is 12.4. The Morgan fingerprint density at radius 1 is 1.41 bits per heavy atom. The Morgan fingerprint density at radius 2 is 2.36 bits per heavy atom. The van der Waals surface area contributed by atoms with Gasteiger partial charge in [0.1, 0.15) is 5.75 Å². The van der Waals surface area contributed by atoms with E-state index >= 15 is 0 Å². The number of benzene rings is 1. The van der Waals surface area contributed by atoms with Gasteiger partial charge in [-0.15, -0.1) is 0 Å². The number of ether oxygens (including phenoxy) is 1. The van der Waals surface area contributed by atoms with Gasteiger partial charge in [0.2, 0.25) is 5.91 Å². The summed E-state index contributed by atoms with van der Waals surface area (Å²) < 4.78 is 5.68. The number of H-pyrrole nitrogens is 1. The third-order valence-corrected chi connectivity index (χ3v) is 4.61. The third kappa shape index (κ3) is 2.36. The van der Waals surface area contributed by atoms with E-state index in [0.717, 1.165) is 55.0 Å². The molecule has 2 heterocycles. The molecule has 5 heteroatoms. The lowest BCUT2D eigenvalue weighted by atomic mass is 9.89. The molecule has 1 aliphatic heterocycles. The predicted octanol–water partition coefficient (Wildman–Crippen LogP) is 1.77. The van der Waals surface area contributed by atoms with Crippen LogP contribution in [-0.4, -0.2) is 22.5 Å². The summed E-state index contributed by atoms with van der Waals surface area (Å²) in [6, 6.07) is 6.15. The number of nitrogens with zero attached hydrogens (tertiary/aromatic N) is 1. The number of nitrogens with one attached hydrogen (secondary N) is 2. The highest BCUT2D eigenvalue weighted by atomic mass is 16.5. The van der Waals surface area contributed by atoms with Crippen molar-refractivity contribution in [3.8, 4) is 5.75 Å². The number of aryl methyl sites for hydroxylation is 1. The molecular weight excluding hydrogens is 278 g/mol. The fraction of sp³-hybridized carbons (Fsp3) is 0.412. The van der Waals surface area contributed by atoms with E-state index in [1.165, 1.54) is 5.56 Å². The number of fused-ring (bicyclic) bond motifs is 2. The molecule has 1 unspecified atom stereocenters. The Bertz CT molecular complexity index is 708. The van der Waals surface area contributed by atoms with Gasteiger partial charge in [0.15, 0.2) is 0 Å². The average Bonchev–Trinajstić information content (AvgIpc) is 3.20. The van der Waals surface area contributed by atoms with Crippen LogP contribution in [0.4, 0.5) is 0 Å². The molecule has 0 fully saturated rings. The monoisotopic (exact) mass is 297 g/mol. The van der Waals surface area contributed by atoms with E-state index in [0.29, 0.717) is 6.54 Å². The van der Waals surface area contributed by atoms with Crippen molar-refractivity contribution < 1.29 is 9.53 Å². The molecule has 2 aromatic rings. The molecule has 2 N–H and O–H groups in total. The summed E-state index contributed by atoms with van der Waals surface area (Å²) in [5.74, 6) is 1.11. The molecule has 2 aliphatic rings. The van der Waals surface area contributed by atoms with Gasteiger partial charge in [0, 0.05) is 36.6 Å². The normalized spacial score (nSPS) is 19.2. The van der Waals surface area contributed by atoms with Crippen LogP contribution in [0, 0.1) is 5.92 Å². The maximum absolute atomic E-state index is 12.4. The maximum Gasteiger partial charge on any atom is 0.223 e.